The molecule has 1 N–H and O–H groups in total. The molecule has 7 nitrogen and oxygen atoms in total. The maximum absolute atomic E-state index is 12.5. The van der Waals surface area contributed by atoms with Crippen LogP contribution in [-0.4, -0.2) is 33.9 Å². The number of Topliss-reactive ketones (excluding diaryl/α,β-unsaturated/α-hetero) is 1. The van der Waals surface area contributed by atoms with Gasteiger partial charge in [0, 0.05) is 11.3 Å². The molecule has 0 amide bonds. The standard InChI is InChI=1S/C17H16ClNO6S/c1-11(20)12-4-3-5-13(8-12)19-26(22,23)14-6-7-16(15(18)9-14)25-10-17(21)24-2/h3-9,19H,10H2,1-2H3. The van der Waals surface area contributed by atoms with E-state index in [0.717, 1.165) is 0 Å². The Morgan fingerprint density at radius 1 is 1.15 bits per heavy atom. The van der Waals surface area contributed by atoms with Crippen LogP contribution in [0.2, 0.25) is 5.02 Å². The SMILES string of the molecule is COC(=O)COc1ccc(S(=O)(=O)Nc2cccc(C(C)=O)c2)cc1Cl. The second kappa shape index (κ2) is 8.20. The molecular formula is C17H16ClNO6S. The van der Waals surface area contributed by atoms with Crippen molar-refractivity contribution in [1.82, 2.24) is 0 Å². The molecule has 0 aliphatic carbocycles. The molecule has 0 aromatic heterocycles. The first-order chi connectivity index (χ1) is 12.2. The number of ketones is 1. The number of hydrogen-bond acceptors (Lipinski definition) is 6. The Kier molecular flexibility index (Phi) is 6.23. The first-order valence-corrected chi connectivity index (χ1v) is 9.22. The van der Waals surface area contributed by atoms with Gasteiger partial charge in [-0.3, -0.25) is 9.52 Å². The van der Waals surface area contributed by atoms with E-state index in [1.165, 1.54) is 44.4 Å². The molecule has 0 atom stereocenters. The molecule has 0 heterocycles. The number of sulfonamides is 1. The summed E-state index contributed by atoms with van der Waals surface area (Å²) in [5.74, 6) is -0.624. The summed E-state index contributed by atoms with van der Waals surface area (Å²) in [6.07, 6.45) is 0. The highest BCUT2D eigenvalue weighted by molar-refractivity contribution is 7.92. The van der Waals surface area contributed by atoms with Gasteiger partial charge in [0.1, 0.15) is 5.75 Å². The number of halogens is 1. The molecule has 2 rings (SSSR count). The number of ether oxygens (including phenoxy) is 2. The molecule has 0 saturated carbocycles. The third kappa shape index (κ3) is 4.96. The van der Waals surface area contributed by atoms with Gasteiger partial charge in [-0.25, -0.2) is 13.2 Å². The van der Waals surface area contributed by atoms with Crippen LogP contribution in [0.4, 0.5) is 5.69 Å². The van der Waals surface area contributed by atoms with Gasteiger partial charge in [0.2, 0.25) is 0 Å². The van der Waals surface area contributed by atoms with Gasteiger partial charge >= 0.3 is 5.97 Å². The summed E-state index contributed by atoms with van der Waals surface area (Å²) in [7, 11) is -2.71. The molecule has 0 saturated heterocycles. The third-order valence-electron chi connectivity index (χ3n) is 3.31. The van der Waals surface area contributed by atoms with Crippen LogP contribution in [-0.2, 0) is 19.6 Å². The van der Waals surface area contributed by atoms with Crippen LogP contribution in [0.25, 0.3) is 0 Å². The number of esters is 1. The fraction of sp³-hybridized carbons (Fsp3) is 0.176. The largest absolute Gasteiger partial charge is 0.480 e. The van der Waals surface area contributed by atoms with Crippen molar-refractivity contribution in [3.05, 3.63) is 53.1 Å². The predicted octanol–water partition coefficient (Wildman–Crippen LogP) is 2.90. The topological polar surface area (TPSA) is 98.8 Å². The van der Waals surface area contributed by atoms with Crippen LogP contribution in [0.15, 0.2) is 47.4 Å². The molecule has 0 bridgehead atoms. The molecule has 26 heavy (non-hydrogen) atoms. The summed E-state index contributed by atoms with van der Waals surface area (Å²) in [4.78, 5) is 22.4. The first kappa shape index (κ1) is 19.7. The molecule has 0 spiro atoms. The lowest BCUT2D eigenvalue weighted by Crippen LogP contribution is -2.14. The minimum atomic E-state index is -3.92. The normalized spacial score (nSPS) is 10.9. The average Bonchev–Trinajstić information content (AvgIpc) is 2.60. The smallest absolute Gasteiger partial charge is 0.343 e. The highest BCUT2D eigenvalue weighted by atomic mass is 35.5. The van der Waals surface area contributed by atoms with Crippen molar-refractivity contribution >= 4 is 39.1 Å². The van der Waals surface area contributed by atoms with E-state index in [1.807, 2.05) is 0 Å². The summed E-state index contributed by atoms with van der Waals surface area (Å²) in [6.45, 7) is 1.04. The summed E-state index contributed by atoms with van der Waals surface area (Å²) < 4.78 is 37.0. The van der Waals surface area contributed by atoms with E-state index in [2.05, 4.69) is 9.46 Å². The van der Waals surface area contributed by atoms with Crippen LogP contribution in [0.3, 0.4) is 0 Å². The van der Waals surface area contributed by atoms with Gasteiger partial charge in [0.05, 0.1) is 17.0 Å². The third-order valence-corrected chi connectivity index (χ3v) is 4.98. The van der Waals surface area contributed by atoms with E-state index < -0.39 is 16.0 Å². The number of rotatable bonds is 7. The molecule has 0 radical (unpaired) electrons. The van der Waals surface area contributed by atoms with Crippen LogP contribution >= 0.6 is 11.6 Å². The summed E-state index contributed by atoms with van der Waals surface area (Å²) in [5.41, 5.74) is 0.634. The lowest BCUT2D eigenvalue weighted by atomic mass is 10.1. The van der Waals surface area contributed by atoms with Crippen LogP contribution in [0.1, 0.15) is 17.3 Å². The second-order valence-electron chi connectivity index (χ2n) is 5.20. The Hall–Kier alpha value is -2.58. The molecule has 0 aliphatic rings. The Morgan fingerprint density at radius 3 is 2.50 bits per heavy atom. The van der Waals surface area contributed by atoms with Crippen molar-refractivity contribution in [2.75, 3.05) is 18.4 Å². The minimum absolute atomic E-state index is 0.0225. The Bertz CT molecular complexity index is 942. The zero-order valence-corrected chi connectivity index (χ0v) is 15.6. The van der Waals surface area contributed by atoms with Crippen LogP contribution in [0.5, 0.6) is 5.75 Å². The molecule has 138 valence electrons. The zero-order chi connectivity index (χ0) is 19.3. The van der Waals surface area contributed by atoms with E-state index in [0.29, 0.717) is 5.56 Å². The molecule has 2 aromatic rings. The Labute approximate surface area is 155 Å². The molecule has 9 heteroatoms. The van der Waals surface area contributed by atoms with E-state index in [4.69, 9.17) is 16.3 Å². The van der Waals surface area contributed by atoms with Gasteiger partial charge < -0.3 is 9.47 Å². The average molecular weight is 398 g/mol. The minimum Gasteiger partial charge on any atom is -0.480 e. The second-order valence-corrected chi connectivity index (χ2v) is 7.29. The summed E-state index contributed by atoms with van der Waals surface area (Å²) in [6, 6.07) is 9.96. The summed E-state index contributed by atoms with van der Waals surface area (Å²) >= 11 is 6.02. The van der Waals surface area contributed by atoms with Crippen molar-refractivity contribution < 1.29 is 27.5 Å². The zero-order valence-electron chi connectivity index (χ0n) is 14.0. The lowest BCUT2D eigenvalue weighted by Gasteiger charge is -2.11. The number of methoxy groups -OCH3 is 1. The van der Waals surface area contributed by atoms with Crippen molar-refractivity contribution in [2.45, 2.75) is 11.8 Å². The van der Waals surface area contributed by atoms with Crippen LogP contribution in [0, 0.1) is 0 Å². The highest BCUT2D eigenvalue weighted by Gasteiger charge is 2.17. The van der Waals surface area contributed by atoms with E-state index >= 15 is 0 Å². The number of carbonyl (C=O) groups is 2. The quantitative estimate of drug-likeness (QED) is 0.569. The molecule has 2 aromatic carbocycles. The van der Waals surface area contributed by atoms with E-state index in [9.17, 15) is 18.0 Å². The monoisotopic (exact) mass is 397 g/mol. The predicted molar refractivity (Wildman–Crippen MR) is 96.2 cm³/mol. The summed E-state index contributed by atoms with van der Waals surface area (Å²) in [5, 5.41) is 0.0225. The van der Waals surface area contributed by atoms with Gasteiger partial charge in [0.15, 0.2) is 12.4 Å². The Balaban J connectivity index is 2.21. The molecule has 0 aliphatic heterocycles. The number of anilines is 1. The fourth-order valence-corrected chi connectivity index (χ4v) is 3.35. The number of benzene rings is 2. The maximum atomic E-state index is 12.5. The fourth-order valence-electron chi connectivity index (χ4n) is 1.98. The number of hydrogen-bond donors (Lipinski definition) is 1. The van der Waals surface area contributed by atoms with Crippen molar-refractivity contribution in [2.24, 2.45) is 0 Å². The lowest BCUT2D eigenvalue weighted by molar-refractivity contribution is -0.142. The van der Waals surface area contributed by atoms with E-state index in [1.54, 1.807) is 12.1 Å². The van der Waals surface area contributed by atoms with Gasteiger partial charge in [0.25, 0.3) is 10.0 Å². The van der Waals surface area contributed by atoms with Crippen LogP contribution < -0.4 is 9.46 Å². The van der Waals surface area contributed by atoms with Gasteiger partial charge in [-0.05, 0) is 37.3 Å². The number of nitrogens with one attached hydrogen (secondary N) is 1. The van der Waals surface area contributed by atoms with Crippen molar-refractivity contribution in [3.8, 4) is 5.75 Å². The Morgan fingerprint density at radius 2 is 1.88 bits per heavy atom. The molecular weight excluding hydrogens is 382 g/mol. The van der Waals surface area contributed by atoms with E-state index in [-0.39, 0.29) is 33.7 Å². The van der Waals surface area contributed by atoms with Crippen molar-refractivity contribution in [1.29, 1.82) is 0 Å². The van der Waals surface area contributed by atoms with Gasteiger partial charge in [-0.1, -0.05) is 23.7 Å². The highest BCUT2D eigenvalue weighted by Crippen LogP contribution is 2.28. The van der Waals surface area contributed by atoms with Gasteiger partial charge in [-0.2, -0.15) is 0 Å². The molecule has 0 unspecified atom stereocenters. The number of carbonyl (C=O) groups excluding carboxylic acids is 2. The maximum Gasteiger partial charge on any atom is 0.343 e. The van der Waals surface area contributed by atoms with Gasteiger partial charge in [-0.15, -0.1) is 0 Å². The molecule has 0 fully saturated rings. The van der Waals surface area contributed by atoms with Crippen molar-refractivity contribution in [3.63, 3.8) is 0 Å². The first-order valence-electron chi connectivity index (χ1n) is 7.36.